The van der Waals surface area contributed by atoms with Gasteiger partial charge in [0.15, 0.2) is 0 Å². The molecule has 0 aliphatic carbocycles. The number of rotatable bonds is 7. The molecule has 1 N–H and O–H groups in total. The minimum atomic E-state index is -0.0110. The molecule has 0 unspecified atom stereocenters. The summed E-state index contributed by atoms with van der Waals surface area (Å²) in [5.41, 5.74) is 2.05. The van der Waals surface area contributed by atoms with E-state index in [1.807, 2.05) is 50.1 Å². The van der Waals surface area contributed by atoms with Gasteiger partial charge in [0.1, 0.15) is 0 Å². The van der Waals surface area contributed by atoms with Gasteiger partial charge in [-0.25, -0.2) is 4.68 Å². The summed E-state index contributed by atoms with van der Waals surface area (Å²) in [6.45, 7) is 5.41. The molecule has 2 rings (SSSR count). The van der Waals surface area contributed by atoms with Crippen molar-refractivity contribution in [3.05, 3.63) is 34.7 Å². The fraction of sp³-hybridized carbons (Fsp3) is 0.438. The first-order valence-electron chi connectivity index (χ1n) is 7.60. The van der Waals surface area contributed by atoms with E-state index in [4.69, 9.17) is 16.6 Å². The third-order valence-electron chi connectivity index (χ3n) is 3.27. The summed E-state index contributed by atoms with van der Waals surface area (Å²) in [7, 11) is 1.84. The van der Waals surface area contributed by atoms with Crippen molar-refractivity contribution in [1.82, 2.24) is 20.0 Å². The lowest BCUT2D eigenvalue weighted by molar-refractivity contribution is -0.122. The van der Waals surface area contributed by atoms with Crippen molar-refractivity contribution >= 4 is 18.1 Å². The van der Waals surface area contributed by atoms with Crippen molar-refractivity contribution in [2.24, 2.45) is 0 Å². The molecule has 7 heteroatoms. The van der Waals surface area contributed by atoms with E-state index in [2.05, 4.69) is 10.4 Å². The lowest BCUT2D eigenvalue weighted by Gasteiger charge is -2.15. The second-order valence-corrected chi connectivity index (χ2v) is 5.89. The van der Waals surface area contributed by atoms with Crippen LogP contribution in [0.5, 0.6) is 0 Å². The van der Waals surface area contributed by atoms with Gasteiger partial charge in [0.2, 0.25) is 11.8 Å². The molecular weight excluding hydrogens is 312 g/mol. The Kier molecular flexibility index (Phi) is 6.06. The summed E-state index contributed by atoms with van der Waals surface area (Å²) < 4.78 is 7.13. The number of aryl methyl sites for hydroxylation is 1. The van der Waals surface area contributed by atoms with Crippen LogP contribution in [0, 0.1) is 11.8 Å². The average Bonchev–Trinajstić information content (AvgIpc) is 2.86. The zero-order valence-electron chi connectivity index (χ0n) is 13.7. The maximum Gasteiger partial charge on any atom is 0.288 e. The second-order valence-electron chi connectivity index (χ2n) is 5.54. The zero-order chi connectivity index (χ0) is 16.8. The van der Waals surface area contributed by atoms with Crippen molar-refractivity contribution < 1.29 is 9.21 Å². The molecule has 1 amide bonds. The topological polar surface area (TPSA) is 63.3 Å². The Hall–Kier alpha value is -1.99. The highest BCUT2D eigenvalue weighted by Gasteiger charge is 2.11. The minimum Gasteiger partial charge on any atom is -0.409 e. The Morgan fingerprint density at radius 1 is 1.39 bits per heavy atom. The van der Waals surface area contributed by atoms with E-state index < -0.39 is 0 Å². The number of hydrogen-bond donors (Lipinski definition) is 1. The number of carbonyl (C=O) groups is 1. The number of carbonyl (C=O) groups excluding carboxylic acids is 1. The SMILES string of the molecule is CCCNC(=O)CN(C)Cn1nc(-c2ccc(C)cc2)oc1=S. The molecule has 23 heavy (non-hydrogen) atoms. The first-order valence-corrected chi connectivity index (χ1v) is 8.00. The van der Waals surface area contributed by atoms with Crippen molar-refractivity contribution in [1.29, 1.82) is 0 Å². The Morgan fingerprint density at radius 3 is 2.74 bits per heavy atom. The zero-order valence-corrected chi connectivity index (χ0v) is 14.5. The predicted molar refractivity (Wildman–Crippen MR) is 91.4 cm³/mol. The number of aromatic nitrogens is 2. The van der Waals surface area contributed by atoms with Crippen LogP contribution in [0.3, 0.4) is 0 Å². The molecule has 124 valence electrons. The van der Waals surface area contributed by atoms with Gasteiger partial charge in [-0.2, -0.15) is 0 Å². The maximum absolute atomic E-state index is 11.7. The van der Waals surface area contributed by atoms with Crippen molar-refractivity contribution in [2.45, 2.75) is 26.9 Å². The molecule has 0 aliphatic rings. The van der Waals surface area contributed by atoms with Crippen LogP contribution in [0.1, 0.15) is 18.9 Å². The highest BCUT2D eigenvalue weighted by molar-refractivity contribution is 7.71. The number of benzene rings is 1. The van der Waals surface area contributed by atoms with E-state index in [9.17, 15) is 4.79 Å². The highest BCUT2D eigenvalue weighted by Crippen LogP contribution is 2.18. The van der Waals surface area contributed by atoms with Crippen molar-refractivity contribution in [2.75, 3.05) is 20.1 Å². The van der Waals surface area contributed by atoms with Crippen molar-refractivity contribution in [3.8, 4) is 11.5 Å². The van der Waals surface area contributed by atoms with Crippen LogP contribution in [-0.2, 0) is 11.5 Å². The fourth-order valence-corrected chi connectivity index (χ4v) is 2.23. The van der Waals surface area contributed by atoms with Gasteiger partial charge in [0.05, 0.1) is 13.2 Å². The monoisotopic (exact) mass is 334 g/mol. The second kappa shape index (κ2) is 8.03. The quantitative estimate of drug-likeness (QED) is 0.789. The molecule has 1 heterocycles. The van der Waals surface area contributed by atoms with Gasteiger partial charge < -0.3 is 9.73 Å². The lowest BCUT2D eigenvalue weighted by atomic mass is 10.1. The molecule has 0 atom stereocenters. The summed E-state index contributed by atoms with van der Waals surface area (Å²) >= 11 is 5.21. The van der Waals surface area contributed by atoms with Gasteiger partial charge in [-0.1, -0.05) is 24.6 Å². The van der Waals surface area contributed by atoms with E-state index in [0.717, 1.165) is 12.0 Å². The van der Waals surface area contributed by atoms with Gasteiger partial charge in [0.25, 0.3) is 4.84 Å². The van der Waals surface area contributed by atoms with E-state index in [1.165, 1.54) is 5.56 Å². The lowest BCUT2D eigenvalue weighted by Crippen LogP contribution is -2.36. The van der Waals surface area contributed by atoms with E-state index in [1.54, 1.807) is 4.68 Å². The number of nitrogens with one attached hydrogen (secondary N) is 1. The van der Waals surface area contributed by atoms with E-state index >= 15 is 0 Å². The number of amides is 1. The summed E-state index contributed by atoms with van der Waals surface area (Å²) in [6.07, 6.45) is 0.920. The maximum atomic E-state index is 11.7. The first kappa shape index (κ1) is 17.4. The highest BCUT2D eigenvalue weighted by atomic mass is 32.1. The molecule has 0 spiro atoms. The Morgan fingerprint density at radius 2 is 2.09 bits per heavy atom. The Bertz CT molecular complexity index is 706. The molecule has 0 saturated heterocycles. The number of nitrogens with zero attached hydrogens (tertiary/aromatic N) is 3. The molecule has 0 saturated carbocycles. The predicted octanol–water partition coefficient (Wildman–Crippen LogP) is 2.60. The molecule has 0 bridgehead atoms. The summed E-state index contributed by atoms with van der Waals surface area (Å²) in [6, 6.07) is 7.89. The van der Waals surface area contributed by atoms with Crippen LogP contribution >= 0.6 is 12.2 Å². The summed E-state index contributed by atoms with van der Waals surface area (Å²) in [4.78, 5) is 13.8. The Balaban J connectivity index is 2.02. The van der Waals surface area contributed by atoms with Gasteiger partial charge in [0, 0.05) is 12.1 Å². The fourth-order valence-electron chi connectivity index (χ4n) is 2.05. The van der Waals surface area contributed by atoms with Gasteiger partial charge in [-0.3, -0.25) is 9.69 Å². The van der Waals surface area contributed by atoms with Crippen LogP contribution in [-0.4, -0.2) is 40.7 Å². The molecular formula is C16H22N4O2S. The first-order chi connectivity index (χ1) is 11.0. The van der Waals surface area contributed by atoms with Gasteiger partial charge >= 0.3 is 0 Å². The largest absolute Gasteiger partial charge is 0.409 e. The minimum absolute atomic E-state index is 0.0110. The molecule has 0 radical (unpaired) electrons. The number of hydrogen-bond acceptors (Lipinski definition) is 5. The number of likely N-dealkylation sites (N-methyl/N-ethyl adjacent to an activating group) is 1. The molecule has 1 aromatic heterocycles. The third kappa shape index (κ3) is 5.01. The summed E-state index contributed by atoms with van der Waals surface area (Å²) in [5.74, 6) is 0.474. The van der Waals surface area contributed by atoms with Crippen LogP contribution in [0.4, 0.5) is 0 Å². The van der Waals surface area contributed by atoms with Gasteiger partial charge in [-0.15, -0.1) is 5.10 Å². The van der Waals surface area contributed by atoms with Crippen LogP contribution in [0.2, 0.25) is 0 Å². The van der Waals surface area contributed by atoms with Crippen LogP contribution in [0.15, 0.2) is 28.7 Å². The molecule has 6 nitrogen and oxygen atoms in total. The van der Waals surface area contributed by atoms with Crippen molar-refractivity contribution in [3.63, 3.8) is 0 Å². The van der Waals surface area contributed by atoms with E-state index in [0.29, 0.717) is 23.9 Å². The molecule has 1 aromatic carbocycles. The smallest absolute Gasteiger partial charge is 0.288 e. The van der Waals surface area contributed by atoms with Crippen LogP contribution < -0.4 is 5.32 Å². The Labute approximate surface area is 141 Å². The molecule has 0 aliphatic heterocycles. The van der Waals surface area contributed by atoms with E-state index in [-0.39, 0.29) is 12.5 Å². The average molecular weight is 334 g/mol. The molecule has 0 fully saturated rings. The standard InChI is InChI=1S/C16H22N4O2S/c1-4-9-17-14(21)10-19(3)11-20-16(23)22-15(18-20)13-7-5-12(2)6-8-13/h5-8H,4,9-11H2,1-3H3,(H,17,21). The summed E-state index contributed by atoms with van der Waals surface area (Å²) in [5, 5.41) is 7.23. The third-order valence-corrected chi connectivity index (χ3v) is 3.56. The van der Waals surface area contributed by atoms with Gasteiger partial charge in [-0.05, 0) is 44.7 Å². The normalized spacial score (nSPS) is 11.0. The van der Waals surface area contributed by atoms with Crippen LogP contribution in [0.25, 0.3) is 11.5 Å². The molecule has 2 aromatic rings.